The van der Waals surface area contributed by atoms with Gasteiger partial charge in [-0.1, -0.05) is 13.8 Å². The third kappa shape index (κ3) is 2.83. The number of rotatable bonds is 4. The van der Waals surface area contributed by atoms with Crippen LogP contribution in [0.3, 0.4) is 0 Å². The summed E-state index contributed by atoms with van der Waals surface area (Å²) < 4.78 is 6.27. The van der Waals surface area contributed by atoms with Crippen LogP contribution in [0.4, 0.5) is 5.82 Å². The van der Waals surface area contributed by atoms with Crippen molar-refractivity contribution in [1.82, 2.24) is 9.97 Å². The van der Waals surface area contributed by atoms with Crippen LogP contribution in [0.2, 0.25) is 0 Å². The van der Waals surface area contributed by atoms with E-state index >= 15 is 0 Å². The van der Waals surface area contributed by atoms with E-state index in [1.807, 2.05) is 0 Å². The highest BCUT2D eigenvalue weighted by atomic mass is 79.9. The van der Waals surface area contributed by atoms with Crippen LogP contribution >= 0.6 is 15.9 Å². The van der Waals surface area contributed by atoms with Crippen LogP contribution in [0, 0.1) is 5.92 Å². The maximum absolute atomic E-state index is 5.50. The maximum atomic E-state index is 5.50. The largest absolute Gasteiger partial charge is 0.476 e. The Balaban J connectivity index is 2.76. The number of nitrogens with zero attached hydrogens (tertiary/aromatic N) is 2. The van der Waals surface area contributed by atoms with Gasteiger partial charge >= 0.3 is 0 Å². The number of anilines is 1. The number of nitrogens with one attached hydrogen (secondary N) is 1. The molecule has 0 aliphatic rings. The number of ether oxygens (including phenoxy) is 1. The lowest BCUT2D eigenvalue weighted by atomic mass is 10.2. The summed E-state index contributed by atoms with van der Waals surface area (Å²) in [6, 6.07) is 0. The Kier molecular flexibility index (Phi) is 4.13. The molecule has 4 nitrogen and oxygen atoms in total. The second kappa shape index (κ2) is 5.14. The van der Waals surface area contributed by atoms with E-state index in [9.17, 15) is 0 Å². The Labute approximate surface area is 92.2 Å². The Morgan fingerprint density at radius 2 is 2.21 bits per heavy atom. The van der Waals surface area contributed by atoms with Crippen LogP contribution in [0.15, 0.2) is 10.8 Å². The zero-order valence-electron chi connectivity index (χ0n) is 8.54. The van der Waals surface area contributed by atoms with E-state index in [-0.39, 0.29) is 0 Å². The predicted molar refractivity (Wildman–Crippen MR) is 59.6 cm³/mol. The molecular weight excluding hydrogens is 246 g/mol. The van der Waals surface area contributed by atoms with Gasteiger partial charge in [0, 0.05) is 7.05 Å². The molecule has 0 aliphatic heterocycles. The van der Waals surface area contributed by atoms with Gasteiger partial charge in [0.1, 0.15) is 16.6 Å². The molecule has 78 valence electrons. The zero-order valence-corrected chi connectivity index (χ0v) is 10.1. The van der Waals surface area contributed by atoms with Gasteiger partial charge in [0.2, 0.25) is 5.88 Å². The van der Waals surface area contributed by atoms with Crippen LogP contribution in [0.5, 0.6) is 5.88 Å². The Morgan fingerprint density at radius 1 is 1.50 bits per heavy atom. The van der Waals surface area contributed by atoms with E-state index < -0.39 is 0 Å². The van der Waals surface area contributed by atoms with Gasteiger partial charge in [-0.2, -0.15) is 0 Å². The summed E-state index contributed by atoms with van der Waals surface area (Å²) in [6.07, 6.45) is 1.48. The van der Waals surface area contributed by atoms with Gasteiger partial charge < -0.3 is 10.1 Å². The fourth-order valence-electron chi connectivity index (χ4n) is 0.874. The molecule has 0 saturated carbocycles. The van der Waals surface area contributed by atoms with Crippen molar-refractivity contribution < 1.29 is 4.74 Å². The SMILES string of the molecule is CNc1ncnc(OCC(C)C)c1Br. The Morgan fingerprint density at radius 3 is 2.79 bits per heavy atom. The molecule has 0 atom stereocenters. The molecule has 1 N–H and O–H groups in total. The zero-order chi connectivity index (χ0) is 10.6. The standard InChI is InChI=1S/C9H14BrN3O/c1-6(2)4-14-9-7(10)8(11-3)12-5-13-9/h5-6H,4H2,1-3H3,(H,11,12,13). The van der Waals surface area contributed by atoms with Crippen LogP contribution in [-0.2, 0) is 0 Å². The molecule has 5 heteroatoms. The molecule has 0 radical (unpaired) electrons. The number of aromatic nitrogens is 2. The fourth-order valence-corrected chi connectivity index (χ4v) is 1.39. The van der Waals surface area contributed by atoms with E-state index in [0.717, 1.165) is 10.3 Å². The van der Waals surface area contributed by atoms with Crippen molar-refractivity contribution in [1.29, 1.82) is 0 Å². The van der Waals surface area contributed by atoms with Crippen molar-refractivity contribution in [2.45, 2.75) is 13.8 Å². The first-order valence-corrected chi connectivity index (χ1v) is 5.25. The van der Waals surface area contributed by atoms with Gasteiger partial charge in [0.25, 0.3) is 0 Å². The summed E-state index contributed by atoms with van der Waals surface area (Å²) in [4.78, 5) is 8.07. The molecule has 14 heavy (non-hydrogen) atoms. The van der Waals surface area contributed by atoms with Gasteiger partial charge in [0.05, 0.1) is 6.61 Å². The van der Waals surface area contributed by atoms with Gasteiger partial charge in [-0.05, 0) is 21.8 Å². The normalized spacial score (nSPS) is 10.4. The van der Waals surface area contributed by atoms with Crippen molar-refractivity contribution in [3.8, 4) is 5.88 Å². The van der Waals surface area contributed by atoms with Crippen LogP contribution < -0.4 is 10.1 Å². The molecule has 1 aromatic rings. The summed E-state index contributed by atoms with van der Waals surface area (Å²) in [5.41, 5.74) is 0. The highest BCUT2D eigenvalue weighted by Crippen LogP contribution is 2.28. The molecular formula is C9H14BrN3O. The van der Waals surface area contributed by atoms with E-state index in [4.69, 9.17) is 4.74 Å². The minimum Gasteiger partial charge on any atom is -0.476 e. The topological polar surface area (TPSA) is 47.0 Å². The maximum Gasteiger partial charge on any atom is 0.233 e. The molecule has 1 aromatic heterocycles. The summed E-state index contributed by atoms with van der Waals surface area (Å²) in [7, 11) is 1.80. The molecule has 0 bridgehead atoms. The van der Waals surface area contributed by atoms with E-state index in [2.05, 4.69) is 45.1 Å². The quantitative estimate of drug-likeness (QED) is 0.902. The van der Waals surface area contributed by atoms with E-state index in [1.165, 1.54) is 6.33 Å². The van der Waals surface area contributed by atoms with Crippen molar-refractivity contribution in [2.24, 2.45) is 5.92 Å². The average molecular weight is 260 g/mol. The molecule has 0 aromatic carbocycles. The minimum absolute atomic E-state index is 0.481. The van der Waals surface area contributed by atoms with E-state index in [1.54, 1.807) is 7.05 Å². The lowest BCUT2D eigenvalue weighted by Gasteiger charge is -2.10. The second-order valence-electron chi connectivity index (χ2n) is 3.30. The first kappa shape index (κ1) is 11.2. The summed E-state index contributed by atoms with van der Waals surface area (Å²) >= 11 is 3.38. The van der Waals surface area contributed by atoms with Crippen LogP contribution in [0.25, 0.3) is 0 Å². The van der Waals surface area contributed by atoms with Crippen LogP contribution in [0.1, 0.15) is 13.8 Å². The third-order valence-corrected chi connectivity index (χ3v) is 2.26. The Hall–Kier alpha value is -0.840. The highest BCUT2D eigenvalue weighted by Gasteiger charge is 2.08. The van der Waals surface area contributed by atoms with Gasteiger partial charge in [-0.3, -0.25) is 0 Å². The molecule has 0 spiro atoms. The van der Waals surface area contributed by atoms with Crippen molar-refractivity contribution in [3.63, 3.8) is 0 Å². The molecule has 1 rings (SSSR count). The minimum atomic E-state index is 0.481. The molecule has 0 saturated heterocycles. The lowest BCUT2D eigenvalue weighted by Crippen LogP contribution is -2.07. The number of halogens is 1. The van der Waals surface area contributed by atoms with Gasteiger partial charge in [0.15, 0.2) is 0 Å². The van der Waals surface area contributed by atoms with Crippen molar-refractivity contribution in [3.05, 3.63) is 10.8 Å². The first-order chi connectivity index (χ1) is 6.65. The average Bonchev–Trinajstić information content (AvgIpc) is 2.16. The van der Waals surface area contributed by atoms with E-state index in [0.29, 0.717) is 18.4 Å². The predicted octanol–water partition coefficient (Wildman–Crippen LogP) is 2.32. The lowest BCUT2D eigenvalue weighted by molar-refractivity contribution is 0.259. The smallest absolute Gasteiger partial charge is 0.233 e. The molecule has 0 unspecified atom stereocenters. The number of hydrogen-bond donors (Lipinski definition) is 1. The third-order valence-electron chi connectivity index (χ3n) is 1.55. The molecule has 0 fully saturated rings. The van der Waals surface area contributed by atoms with Gasteiger partial charge in [-0.25, -0.2) is 9.97 Å². The second-order valence-corrected chi connectivity index (χ2v) is 4.09. The molecule has 0 aliphatic carbocycles. The monoisotopic (exact) mass is 259 g/mol. The molecule has 0 amide bonds. The summed E-state index contributed by atoms with van der Waals surface area (Å²) in [6.45, 7) is 4.83. The van der Waals surface area contributed by atoms with Crippen molar-refractivity contribution in [2.75, 3.05) is 19.0 Å². The summed E-state index contributed by atoms with van der Waals surface area (Å²) in [5.74, 6) is 1.80. The Bertz CT molecular complexity index is 304. The first-order valence-electron chi connectivity index (χ1n) is 4.46. The highest BCUT2D eigenvalue weighted by molar-refractivity contribution is 9.10. The summed E-state index contributed by atoms with van der Waals surface area (Å²) in [5, 5.41) is 2.95. The van der Waals surface area contributed by atoms with Gasteiger partial charge in [-0.15, -0.1) is 0 Å². The molecule has 1 heterocycles. The van der Waals surface area contributed by atoms with Crippen LogP contribution in [-0.4, -0.2) is 23.6 Å². The van der Waals surface area contributed by atoms with Crippen molar-refractivity contribution >= 4 is 21.7 Å². The number of hydrogen-bond acceptors (Lipinski definition) is 4. The fraction of sp³-hybridized carbons (Fsp3) is 0.556.